The van der Waals surface area contributed by atoms with E-state index in [-0.39, 0.29) is 12.0 Å². The molecule has 2 aromatic rings. The summed E-state index contributed by atoms with van der Waals surface area (Å²) >= 11 is 5.81. The summed E-state index contributed by atoms with van der Waals surface area (Å²) in [6.07, 6.45) is 0.862. The fourth-order valence-corrected chi connectivity index (χ4v) is 2.56. The summed E-state index contributed by atoms with van der Waals surface area (Å²) in [5, 5.41) is 3.54. The van der Waals surface area contributed by atoms with Crippen LogP contribution < -0.4 is 19.5 Å². The van der Waals surface area contributed by atoms with Crippen molar-refractivity contribution in [3.63, 3.8) is 0 Å². The highest BCUT2D eigenvalue weighted by Crippen LogP contribution is 2.30. The minimum atomic E-state index is -0.177. The first-order chi connectivity index (χ1) is 12.2. The lowest BCUT2D eigenvalue weighted by atomic mass is 10.2. The highest BCUT2D eigenvalue weighted by molar-refractivity contribution is 6.30. The van der Waals surface area contributed by atoms with Gasteiger partial charge in [-0.15, -0.1) is 0 Å². The number of benzene rings is 2. The Morgan fingerprint density at radius 2 is 1.92 bits per heavy atom. The van der Waals surface area contributed by atoms with Gasteiger partial charge in [-0.3, -0.25) is 4.79 Å². The van der Waals surface area contributed by atoms with Crippen molar-refractivity contribution in [1.29, 1.82) is 0 Å². The van der Waals surface area contributed by atoms with Crippen LogP contribution in [0.2, 0.25) is 5.02 Å². The second-order valence-corrected chi connectivity index (χ2v) is 6.14. The third kappa shape index (κ3) is 5.29. The predicted molar refractivity (Wildman–Crippen MR) is 95.5 cm³/mol. The summed E-state index contributed by atoms with van der Waals surface area (Å²) < 4.78 is 17.0. The molecule has 0 unspecified atom stereocenters. The van der Waals surface area contributed by atoms with E-state index in [0.29, 0.717) is 43.4 Å². The van der Waals surface area contributed by atoms with E-state index >= 15 is 0 Å². The average Bonchev–Trinajstić information content (AvgIpc) is 2.65. The van der Waals surface area contributed by atoms with Crippen LogP contribution in [0.1, 0.15) is 12.8 Å². The third-order valence-corrected chi connectivity index (χ3v) is 3.98. The van der Waals surface area contributed by atoms with E-state index < -0.39 is 0 Å². The van der Waals surface area contributed by atoms with Gasteiger partial charge in [-0.05, 0) is 42.8 Å². The Balaban J connectivity index is 1.31. The van der Waals surface area contributed by atoms with Gasteiger partial charge < -0.3 is 19.5 Å². The van der Waals surface area contributed by atoms with Gasteiger partial charge in [0.1, 0.15) is 18.5 Å². The zero-order valence-corrected chi connectivity index (χ0v) is 14.5. The number of rotatable bonds is 7. The molecular formula is C19H20ClNO4. The second-order valence-electron chi connectivity index (χ2n) is 5.71. The van der Waals surface area contributed by atoms with Crippen molar-refractivity contribution >= 4 is 17.5 Å². The van der Waals surface area contributed by atoms with E-state index in [9.17, 15) is 4.79 Å². The third-order valence-electron chi connectivity index (χ3n) is 3.72. The molecule has 1 aliphatic rings. The first-order valence-corrected chi connectivity index (χ1v) is 8.62. The van der Waals surface area contributed by atoms with Crippen LogP contribution in [0.15, 0.2) is 48.5 Å². The van der Waals surface area contributed by atoms with Crippen molar-refractivity contribution < 1.29 is 19.0 Å². The van der Waals surface area contributed by atoms with Gasteiger partial charge in [-0.2, -0.15) is 0 Å². The number of amides is 1. The highest BCUT2D eigenvalue weighted by Gasteiger charge is 2.20. The van der Waals surface area contributed by atoms with Crippen molar-refractivity contribution in [3.05, 3.63) is 53.6 Å². The van der Waals surface area contributed by atoms with Gasteiger partial charge in [-0.25, -0.2) is 0 Å². The predicted octanol–water partition coefficient (Wildman–Crippen LogP) is 3.46. The lowest BCUT2D eigenvalue weighted by molar-refractivity contribution is -0.121. The summed E-state index contributed by atoms with van der Waals surface area (Å²) in [5.74, 6) is 2.17. The fraction of sp³-hybridized carbons (Fsp3) is 0.316. The molecule has 0 fully saturated rings. The highest BCUT2D eigenvalue weighted by atomic mass is 35.5. The molecule has 0 spiro atoms. The quantitative estimate of drug-likeness (QED) is 0.767. The average molecular weight is 362 g/mol. The first kappa shape index (κ1) is 17.4. The van der Waals surface area contributed by atoms with E-state index in [2.05, 4.69) is 5.32 Å². The summed E-state index contributed by atoms with van der Waals surface area (Å²) in [4.78, 5) is 11.9. The molecule has 1 amide bonds. The summed E-state index contributed by atoms with van der Waals surface area (Å²) in [7, 11) is 0. The van der Waals surface area contributed by atoms with Crippen molar-refractivity contribution in [2.45, 2.75) is 18.9 Å². The number of hydrogen-bond donors (Lipinski definition) is 1. The minimum absolute atomic E-state index is 0.0258. The maximum Gasteiger partial charge on any atom is 0.220 e. The molecule has 0 saturated heterocycles. The first-order valence-electron chi connectivity index (χ1n) is 8.24. The standard InChI is InChI=1S/C19H20ClNO4/c20-14-7-9-15(10-8-14)23-11-3-6-19(22)21-12-16-13-24-17-4-1-2-5-18(17)25-16/h1-2,4-5,7-10,16H,3,6,11-13H2,(H,21,22)/t16-/m0/s1. The maximum absolute atomic E-state index is 11.9. The largest absolute Gasteiger partial charge is 0.494 e. The van der Waals surface area contributed by atoms with E-state index in [1.54, 1.807) is 24.3 Å². The van der Waals surface area contributed by atoms with Gasteiger partial charge in [0, 0.05) is 11.4 Å². The number of ether oxygens (including phenoxy) is 3. The maximum atomic E-state index is 11.9. The van der Waals surface area contributed by atoms with Gasteiger partial charge in [0.05, 0.1) is 13.2 Å². The summed E-state index contributed by atoms with van der Waals surface area (Å²) in [6, 6.07) is 14.7. The fourth-order valence-electron chi connectivity index (χ4n) is 2.43. The molecule has 6 heteroatoms. The zero-order chi connectivity index (χ0) is 17.5. The Morgan fingerprint density at radius 1 is 1.16 bits per heavy atom. The Labute approximate surface area is 151 Å². The van der Waals surface area contributed by atoms with Gasteiger partial charge in [-0.1, -0.05) is 23.7 Å². The molecule has 2 aromatic carbocycles. The lowest BCUT2D eigenvalue weighted by Gasteiger charge is -2.26. The molecule has 0 saturated carbocycles. The molecular weight excluding hydrogens is 342 g/mol. The Morgan fingerprint density at radius 3 is 2.72 bits per heavy atom. The number of nitrogens with one attached hydrogen (secondary N) is 1. The molecule has 3 rings (SSSR count). The van der Waals surface area contributed by atoms with Crippen LogP contribution in [0.3, 0.4) is 0 Å². The van der Waals surface area contributed by atoms with Crippen molar-refractivity contribution in [2.24, 2.45) is 0 Å². The summed E-state index contributed by atoms with van der Waals surface area (Å²) in [5.41, 5.74) is 0. The molecule has 1 heterocycles. The number of halogens is 1. The molecule has 0 aliphatic carbocycles. The van der Waals surface area contributed by atoms with Gasteiger partial charge in [0.2, 0.25) is 5.91 Å². The van der Waals surface area contributed by atoms with E-state index in [4.69, 9.17) is 25.8 Å². The summed E-state index contributed by atoms with van der Waals surface area (Å²) in [6.45, 7) is 1.33. The molecule has 0 radical (unpaired) electrons. The van der Waals surface area contributed by atoms with Gasteiger partial charge in [0.15, 0.2) is 11.5 Å². The molecule has 5 nitrogen and oxygen atoms in total. The smallest absolute Gasteiger partial charge is 0.220 e. The van der Waals surface area contributed by atoms with Crippen LogP contribution in [0.5, 0.6) is 17.2 Å². The molecule has 132 valence electrons. The van der Waals surface area contributed by atoms with Crippen LogP contribution in [0, 0.1) is 0 Å². The minimum Gasteiger partial charge on any atom is -0.494 e. The molecule has 0 aromatic heterocycles. The normalized spacial score (nSPS) is 15.5. The molecule has 1 atom stereocenters. The molecule has 0 bridgehead atoms. The van der Waals surface area contributed by atoms with Crippen LogP contribution in [-0.4, -0.2) is 31.8 Å². The van der Waals surface area contributed by atoms with Crippen molar-refractivity contribution in [2.75, 3.05) is 19.8 Å². The molecule has 25 heavy (non-hydrogen) atoms. The number of carbonyl (C=O) groups is 1. The molecule has 1 aliphatic heterocycles. The molecule has 1 N–H and O–H groups in total. The Kier molecular flexibility index (Phi) is 6.01. The number of fused-ring (bicyclic) bond motifs is 1. The Bertz CT molecular complexity index is 705. The Hall–Kier alpha value is -2.40. The topological polar surface area (TPSA) is 56.8 Å². The van der Waals surface area contributed by atoms with E-state index in [1.807, 2.05) is 24.3 Å². The SMILES string of the molecule is O=C(CCCOc1ccc(Cl)cc1)NC[C@H]1COc2ccccc2O1. The van der Waals surface area contributed by atoms with Crippen LogP contribution in [0.4, 0.5) is 0 Å². The number of hydrogen-bond acceptors (Lipinski definition) is 4. The van der Waals surface area contributed by atoms with Gasteiger partial charge in [0.25, 0.3) is 0 Å². The number of carbonyl (C=O) groups excluding carboxylic acids is 1. The van der Waals surface area contributed by atoms with Crippen LogP contribution in [0.25, 0.3) is 0 Å². The van der Waals surface area contributed by atoms with Crippen LogP contribution >= 0.6 is 11.6 Å². The second kappa shape index (κ2) is 8.62. The van der Waals surface area contributed by atoms with E-state index in [1.165, 1.54) is 0 Å². The van der Waals surface area contributed by atoms with Crippen LogP contribution in [-0.2, 0) is 4.79 Å². The zero-order valence-electron chi connectivity index (χ0n) is 13.7. The van der Waals surface area contributed by atoms with Gasteiger partial charge >= 0.3 is 0 Å². The number of para-hydroxylation sites is 2. The lowest BCUT2D eigenvalue weighted by Crippen LogP contribution is -2.40. The van der Waals surface area contributed by atoms with Crippen molar-refractivity contribution in [3.8, 4) is 17.2 Å². The van der Waals surface area contributed by atoms with E-state index in [0.717, 1.165) is 11.5 Å². The monoisotopic (exact) mass is 361 g/mol. The van der Waals surface area contributed by atoms with Crippen molar-refractivity contribution in [1.82, 2.24) is 5.32 Å².